The number of rotatable bonds is 5. The van der Waals surface area contributed by atoms with Gasteiger partial charge in [-0.25, -0.2) is 4.98 Å². The summed E-state index contributed by atoms with van der Waals surface area (Å²) in [4.78, 5) is 5.01. The van der Waals surface area contributed by atoms with E-state index in [1.165, 1.54) is 49.2 Å². The van der Waals surface area contributed by atoms with E-state index in [4.69, 9.17) is 15.1 Å². The van der Waals surface area contributed by atoms with Gasteiger partial charge < -0.3 is 19.3 Å². The third kappa shape index (κ3) is 4.35. The molecule has 0 atom stereocenters. The third-order valence-corrected chi connectivity index (χ3v) is 11.4. The summed E-state index contributed by atoms with van der Waals surface area (Å²) in [6.07, 6.45) is 4.86. The first-order valence-corrected chi connectivity index (χ1v) is 19.0. The van der Waals surface area contributed by atoms with E-state index in [-0.39, 0.29) is 0 Å². The molecule has 2 N–H and O–H groups in total. The molecule has 6 heteroatoms. The predicted molar refractivity (Wildman–Crippen MR) is 232 cm³/mol. The maximum absolute atomic E-state index is 6.99. The van der Waals surface area contributed by atoms with Crippen LogP contribution in [0.4, 0.5) is 5.69 Å². The summed E-state index contributed by atoms with van der Waals surface area (Å²) < 4.78 is 13.6. The fourth-order valence-corrected chi connectivity index (χ4v) is 9.03. The van der Waals surface area contributed by atoms with Crippen molar-refractivity contribution < 1.29 is 4.42 Å². The van der Waals surface area contributed by atoms with Crippen molar-refractivity contribution in [2.24, 2.45) is 0 Å². The monoisotopic (exact) mass is 719 g/mol. The highest BCUT2D eigenvalue weighted by molar-refractivity contribution is 6.17. The van der Waals surface area contributed by atoms with Gasteiger partial charge in [0.1, 0.15) is 5.65 Å². The Morgan fingerprint density at radius 1 is 0.518 bits per heavy atom. The van der Waals surface area contributed by atoms with Crippen LogP contribution in [0.2, 0.25) is 0 Å². The van der Waals surface area contributed by atoms with Gasteiger partial charge in [-0.3, -0.25) is 4.40 Å². The summed E-state index contributed by atoms with van der Waals surface area (Å²) >= 11 is 0. The van der Waals surface area contributed by atoms with Gasteiger partial charge in [-0.2, -0.15) is 0 Å². The van der Waals surface area contributed by atoms with Crippen molar-refractivity contribution in [2.75, 3.05) is 5.73 Å². The lowest BCUT2D eigenvalue weighted by molar-refractivity contribution is 0.590. The molecule has 0 spiro atoms. The lowest BCUT2D eigenvalue weighted by atomic mass is 10.1. The number of hydrogen-bond donors (Lipinski definition) is 1. The molecule has 0 bridgehead atoms. The van der Waals surface area contributed by atoms with Crippen LogP contribution >= 0.6 is 0 Å². The molecule has 0 aliphatic rings. The highest BCUT2D eigenvalue weighted by atomic mass is 16.3. The van der Waals surface area contributed by atoms with E-state index in [1.54, 1.807) is 0 Å². The Labute approximate surface area is 320 Å². The molecular weight excluding hydrogens is 687 g/mol. The Balaban J connectivity index is 1.05. The van der Waals surface area contributed by atoms with Crippen molar-refractivity contribution in [2.45, 2.75) is 6.42 Å². The Morgan fingerprint density at radius 3 is 1.54 bits per heavy atom. The van der Waals surface area contributed by atoms with Crippen LogP contribution in [0.25, 0.3) is 99.6 Å². The zero-order valence-electron chi connectivity index (χ0n) is 30.2. The quantitative estimate of drug-likeness (QED) is 0.193. The average molecular weight is 720 g/mol. The van der Waals surface area contributed by atoms with Gasteiger partial charge in [0, 0.05) is 43.7 Å². The van der Waals surface area contributed by atoms with E-state index in [0.717, 1.165) is 44.2 Å². The summed E-state index contributed by atoms with van der Waals surface area (Å²) in [6.45, 7) is 0. The highest BCUT2D eigenvalue weighted by Crippen LogP contribution is 2.40. The molecule has 7 aromatic carbocycles. The normalized spacial score (nSPS) is 12.4. The number of nitrogens with two attached hydrogens (primary N) is 1. The SMILES string of the molecule is Nc1c(/C=C\Cc2cc(-n3c4ccccc4c4ccccc43)cc(-n3c4ccccc4c4ccccc43)c2)oc2c1c1ccccc1c1nc3ccccc3n12. The Bertz CT molecular complexity index is 3350. The van der Waals surface area contributed by atoms with Crippen molar-refractivity contribution in [3.63, 3.8) is 0 Å². The van der Waals surface area contributed by atoms with E-state index in [2.05, 4.69) is 153 Å². The van der Waals surface area contributed by atoms with Crippen molar-refractivity contribution in [3.8, 4) is 11.4 Å². The van der Waals surface area contributed by atoms with Crippen LogP contribution in [0.15, 0.2) is 174 Å². The number of fused-ring (bicyclic) bond motifs is 14. The maximum atomic E-state index is 6.99. The molecule has 12 rings (SSSR count). The molecule has 12 aromatic rings. The molecule has 0 saturated heterocycles. The molecule has 0 unspecified atom stereocenters. The number of allylic oxidation sites excluding steroid dienone is 1. The third-order valence-electron chi connectivity index (χ3n) is 11.4. The second kappa shape index (κ2) is 11.7. The number of pyridine rings is 1. The second-order valence-corrected chi connectivity index (χ2v) is 14.6. The lowest BCUT2D eigenvalue weighted by Crippen LogP contribution is -2.01. The van der Waals surface area contributed by atoms with Gasteiger partial charge in [0.05, 0.1) is 44.2 Å². The number of nitrogens with zero attached hydrogens (tertiary/aromatic N) is 4. The van der Waals surface area contributed by atoms with E-state index < -0.39 is 0 Å². The van der Waals surface area contributed by atoms with Crippen LogP contribution in [0, 0.1) is 0 Å². The summed E-state index contributed by atoms with van der Waals surface area (Å²) in [5, 5.41) is 7.91. The van der Waals surface area contributed by atoms with Gasteiger partial charge in [0.15, 0.2) is 5.76 Å². The first-order chi connectivity index (χ1) is 27.7. The molecule has 56 heavy (non-hydrogen) atoms. The number of benzene rings is 7. The Hall–Kier alpha value is -7.57. The maximum Gasteiger partial charge on any atom is 0.216 e. The van der Waals surface area contributed by atoms with Crippen molar-refractivity contribution >= 4 is 93.9 Å². The largest absolute Gasteiger partial charge is 0.437 e. The van der Waals surface area contributed by atoms with Crippen molar-refractivity contribution in [3.05, 3.63) is 181 Å². The van der Waals surface area contributed by atoms with Crippen LogP contribution in [0.3, 0.4) is 0 Å². The molecule has 0 aliphatic heterocycles. The molecule has 0 saturated carbocycles. The predicted octanol–water partition coefficient (Wildman–Crippen LogP) is 12.4. The first-order valence-electron chi connectivity index (χ1n) is 19.0. The average Bonchev–Trinajstić information content (AvgIpc) is 3.99. The standard InChI is InChI=1S/C50H33N5O/c51-48-46(56-50-47(48)38-19-1-2-20-39(38)49-52-40-21-7-12-26-45(40)55(49)50)27-13-14-31-28-32(53-41-22-8-3-15-34(41)35-16-4-9-23-42(35)53)30-33(29-31)54-43-24-10-5-17-36(43)37-18-6-11-25-44(37)54/h1-13,15-30H,14,51H2/b27-13-. The van der Waals surface area contributed by atoms with E-state index in [0.29, 0.717) is 23.6 Å². The van der Waals surface area contributed by atoms with Crippen LogP contribution < -0.4 is 5.73 Å². The smallest absolute Gasteiger partial charge is 0.216 e. The van der Waals surface area contributed by atoms with Crippen LogP contribution in [-0.4, -0.2) is 18.5 Å². The van der Waals surface area contributed by atoms with E-state index in [1.807, 2.05) is 36.4 Å². The van der Waals surface area contributed by atoms with Crippen molar-refractivity contribution in [1.29, 1.82) is 0 Å². The number of para-hydroxylation sites is 6. The summed E-state index contributed by atoms with van der Waals surface area (Å²) in [6, 6.07) is 58.2. The number of imidazole rings is 1. The van der Waals surface area contributed by atoms with Gasteiger partial charge in [0.2, 0.25) is 5.71 Å². The molecule has 264 valence electrons. The van der Waals surface area contributed by atoms with Gasteiger partial charge in [-0.1, -0.05) is 115 Å². The molecule has 5 aromatic heterocycles. The Morgan fingerprint density at radius 2 is 0.982 bits per heavy atom. The minimum atomic E-state index is 0.622. The van der Waals surface area contributed by atoms with E-state index >= 15 is 0 Å². The summed E-state index contributed by atoms with van der Waals surface area (Å²) in [5.74, 6) is 0.636. The summed E-state index contributed by atoms with van der Waals surface area (Å²) in [7, 11) is 0. The zero-order chi connectivity index (χ0) is 36.9. The minimum Gasteiger partial charge on any atom is -0.437 e. The molecule has 0 fully saturated rings. The number of aromatic nitrogens is 4. The van der Waals surface area contributed by atoms with Crippen molar-refractivity contribution in [1.82, 2.24) is 18.5 Å². The number of hydrogen-bond acceptors (Lipinski definition) is 3. The zero-order valence-corrected chi connectivity index (χ0v) is 30.2. The second-order valence-electron chi connectivity index (χ2n) is 14.6. The fraction of sp³-hybridized carbons (Fsp3) is 0.0200. The molecular formula is C50H33N5O. The number of anilines is 1. The van der Waals surface area contributed by atoms with E-state index in [9.17, 15) is 0 Å². The van der Waals surface area contributed by atoms with Crippen LogP contribution in [0.5, 0.6) is 0 Å². The molecule has 0 amide bonds. The first kappa shape index (κ1) is 30.8. The van der Waals surface area contributed by atoms with Gasteiger partial charge in [-0.15, -0.1) is 0 Å². The van der Waals surface area contributed by atoms with Crippen LogP contribution in [-0.2, 0) is 6.42 Å². The number of nitrogen functional groups attached to an aromatic ring is 1. The van der Waals surface area contributed by atoms with Gasteiger partial charge in [0.25, 0.3) is 0 Å². The Kier molecular flexibility index (Phi) is 6.45. The molecule has 5 heterocycles. The topological polar surface area (TPSA) is 66.3 Å². The minimum absolute atomic E-state index is 0.622. The van der Waals surface area contributed by atoms with Gasteiger partial charge in [-0.05, 0) is 72.7 Å². The van der Waals surface area contributed by atoms with Crippen LogP contribution in [0.1, 0.15) is 11.3 Å². The highest BCUT2D eigenvalue weighted by Gasteiger charge is 2.21. The molecule has 6 nitrogen and oxygen atoms in total. The fourth-order valence-electron chi connectivity index (χ4n) is 9.03. The number of furan rings is 1. The molecule has 0 aliphatic carbocycles. The summed E-state index contributed by atoms with van der Waals surface area (Å²) in [5.41, 5.74) is 19.2. The molecule has 0 radical (unpaired) electrons. The van der Waals surface area contributed by atoms with Gasteiger partial charge >= 0.3 is 0 Å². The lowest BCUT2D eigenvalue weighted by Gasteiger charge is -2.15.